The maximum absolute atomic E-state index is 12.0. The summed E-state index contributed by atoms with van der Waals surface area (Å²) in [5, 5.41) is 4.48. The first kappa shape index (κ1) is 13.2. The van der Waals surface area contributed by atoms with Crippen LogP contribution in [0.2, 0.25) is 5.02 Å². The molecule has 0 spiro atoms. The van der Waals surface area contributed by atoms with Gasteiger partial charge < -0.3 is 5.73 Å². The number of nitrogens with two attached hydrogens (primary N) is 1. The van der Waals surface area contributed by atoms with Crippen molar-refractivity contribution in [1.82, 2.24) is 9.78 Å². The minimum Gasteiger partial charge on any atom is -0.325 e. The second-order valence-corrected chi connectivity index (χ2v) is 5.38. The molecule has 0 unspecified atom stereocenters. The van der Waals surface area contributed by atoms with Gasteiger partial charge in [-0.25, -0.2) is 0 Å². The molecule has 0 amide bonds. The highest BCUT2D eigenvalue weighted by atomic mass is 35.5. The van der Waals surface area contributed by atoms with Gasteiger partial charge in [-0.1, -0.05) is 11.6 Å². The van der Waals surface area contributed by atoms with Crippen molar-refractivity contribution in [2.75, 3.05) is 0 Å². The lowest BCUT2D eigenvalue weighted by Crippen LogP contribution is -2.35. The van der Waals surface area contributed by atoms with Crippen LogP contribution in [0.5, 0.6) is 0 Å². The Kier molecular flexibility index (Phi) is 3.76. The van der Waals surface area contributed by atoms with Crippen molar-refractivity contribution in [3.8, 4) is 0 Å². The van der Waals surface area contributed by atoms with Crippen molar-refractivity contribution in [3.63, 3.8) is 0 Å². The van der Waals surface area contributed by atoms with Crippen LogP contribution in [0.4, 0.5) is 0 Å². The third-order valence-electron chi connectivity index (χ3n) is 2.12. The van der Waals surface area contributed by atoms with E-state index in [1.165, 1.54) is 6.20 Å². The number of carbonyl (C=O) groups excluding carboxylic acids is 1. The summed E-state index contributed by atoms with van der Waals surface area (Å²) in [5.74, 6) is -0.0660. The van der Waals surface area contributed by atoms with E-state index in [4.69, 9.17) is 17.3 Å². The fraction of sp³-hybridized carbons (Fsp3) is 0.636. The molecule has 0 aliphatic rings. The molecule has 1 aromatic rings. The highest BCUT2D eigenvalue weighted by Crippen LogP contribution is 2.22. The topological polar surface area (TPSA) is 60.9 Å². The standard InChI is InChI=1S/C11H18ClN3O/c1-7(2)15-10(8(12)6-14-15)9(16)5-11(3,4)13/h6-7H,5,13H2,1-4H3. The van der Waals surface area contributed by atoms with Crippen LogP contribution >= 0.6 is 11.6 Å². The van der Waals surface area contributed by atoms with Crippen LogP contribution < -0.4 is 5.73 Å². The lowest BCUT2D eigenvalue weighted by molar-refractivity contribution is 0.0948. The second kappa shape index (κ2) is 4.55. The molecular weight excluding hydrogens is 226 g/mol. The van der Waals surface area contributed by atoms with Gasteiger partial charge >= 0.3 is 0 Å². The lowest BCUT2D eigenvalue weighted by Gasteiger charge is -2.18. The van der Waals surface area contributed by atoms with Crippen LogP contribution in [-0.4, -0.2) is 21.1 Å². The summed E-state index contributed by atoms with van der Waals surface area (Å²) in [5.41, 5.74) is 5.74. The Hall–Kier alpha value is -0.870. The van der Waals surface area contributed by atoms with Gasteiger partial charge in [0.2, 0.25) is 0 Å². The fourth-order valence-electron chi connectivity index (χ4n) is 1.49. The van der Waals surface area contributed by atoms with E-state index in [0.717, 1.165) is 0 Å². The summed E-state index contributed by atoms with van der Waals surface area (Å²) >= 11 is 5.97. The number of Topliss-reactive ketones (excluding diaryl/α,β-unsaturated/α-hetero) is 1. The van der Waals surface area contributed by atoms with E-state index in [0.29, 0.717) is 10.7 Å². The van der Waals surface area contributed by atoms with Crippen molar-refractivity contribution < 1.29 is 4.79 Å². The Morgan fingerprint density at radius 3 is 2.62 bits per heavy atom. The Morgan fingerprint density at radius 1 is 1.62 bits per heavy atom. The summed E-state index contributed by atoms with van der Waals surface area (Å²) in [6.07, 6.45) is 1.75. The van der Waals surface area contributed by atoms with Crippen LogP contribution in [-0.2, 0) is 0 Å². The normalized spacial score (nSPS) is 12.2. The van der Waals surface area contributed by atoms with Gasteiger partial charge in [0.1, 0.15) is 5.69 Å². The van der Waals surface area contributed by atoms with Gasteiger partial charge in [-0.3, -0.25) is 9.48 Å². The largest absolute Gasteiger partial charge is 0.325 e. The van der Waals surface area contributed by atoms with Crippen LogP contribution in [0.3, 0.4) is 0 Å². The summed E-state index contributed by atoms with van der Waals surface area (Å²) in [6.45, 7) is 7.53. The minimum atomic E-state index is -0.535. The summed E-state index contributed by atoms with van der Waals surface area (Å²) in [7, 11) is 0. The highest BCUT2D eigenvalue weighted by molar-refractivity contribution is 6.33. The second-order valence-electron chi connectivity index (χ2n) is 4.97. The van der Waals surface area contributed by atoms with Crippen LogP contribution in [0.15, 0.2) is 6.20 Å². The van der Waals surface area contributed by atoms with Gasteiger partial charge in [0.15, 0.2) is 5.78 Å². The number of ketones is 1. The SMILES string of the molecule is CC(C)n1ncc(Cl)c1C(=O)CC(C)(C)N. The Balaban J connectivity index is 3.03. The van der Waals surface area contributed by atoms with Gasteiger partial charge in [-0.05, 0) is 27.7 Å². The highest BCUT2D eigenvalue weighted by Gasteiger charge is 2.24. The molecule has 0 atom stereocenters. The van der Waals surface area contributed by atoms with Crippen LogP contribution in [0, 0.1) is 0 Å². The molecule has 0 bridgehead atoms. The number of carbonyl (C=O) groups is 1. The van der Waals surface area contributed by atoms with E-state index in [9.17, 15) is 4.79 Å². The van der Waals surface area contributed by atoms with Gasteiger partial charge in [0.25, 0.3) is 0 Å². The molecule has 2 N–H and O–H groups in total. The minimum absolute atomic E-state index is 0.0660. The monoisotopic (exact) mass is 243 g/mol. The maximum atomic E-state index is 12.0. The molecule has 0 aliphatic heterocycles. The molecular formula is C11H18ClN3O. The van der Waals surface area contributed by atoms with E-state index < -0.39 is 5.54 Å². The molecule has 90 valence electrons. The molecule has 0 aliphatic carbocycles. The smallest absolute Gasteiger partial charge is 0.184 e. The van der Waals surface area contributed by atoms with Gasteiger partial charge in [0.05, 0.1) is 11.2 Å². The number of hydrogen-bond donors (Lipinski definition) is 1. The van der Waals surface area contributed by atoms with Crippen LogP contribution in [0.1, 0.15) is 50.6 Å². The molecule has 16 heavy (non-hydrogen) atoms. The van der Waals surface area contributed by atoms with Gasteiger partial charge in [0, 0.05) is 18.0 Å². The first-order valence-corrected chi connectivity index (χ1v) is 5.65. The molecule has 0 radical (unpaired) electrons. The fourth-order valence-corrected chi connectivity index (χ4v) is 1.73. The van der Waals surface area contributed by atoms with Crippen LogP contribution in [0.25, 0.3) is 0 Å². The van der Waals surface area contributed by atoms with E-state index in [-0.39, 0.29) is 18.2 Å². The zero-order valence-electron chi connectivity index (χ0n) is 10.1. The average molecular weight is 244 g/mol. The van der Waals surface area contributed by atoms with Crippen molar-refractivity contribution in [2.24, 2.45) is 5.73 Å². The summed E-state index contributed by atoms with van der Waals surface area (Å²) < 4.78 is 1.64. The number of nitrogens with zero attached hydrogens (tertiary/aromatic N) is 2. The Bertz CT molecular complexity index is 390. The first-order chi connectivity index (χ1) is 7.22. The summed E-state index contributed by atoms with van der Waals surface area (Å²) in [4.78, 5) is 12.0. The van der Waals surface area contributed by atoms with Crippen molar-refractivity contribution in [3.05, 3.63) is 16.9 Å². The zero-order valence-corrected chi connectivity index (χ0v) is 10.9. The third-order valence-corrected chi connectivity index (χ3v) is 2.40. The number of rotatable bonds is 4. The molecule has 1 rings (SSSR count). The Morgan fingerprint density at radius 2 is 2.19 bits per heavy atom. The van der Waals surface area contributed by atoms with E-state index in [2.05, 4.69) is 5.10 Å². The predicted molar refractivity (Wildman–Crippen MR) is 64.8 cm³/mol. The maximum Gasteiger partial charge on any atom is 0.184 e. The van der Waals surface area contributed by atoms with Gasteiger partial charge in [-0.15, -0.1) is 0 Å². The molecule has 0 fully saturated rings. The molecule has 4 nitrogen and oxygen atoms in total. The van der Waals surface area contributed by atoms with Crippen molar-refractivity contribution in [1.29, 1.82) is 0 Å². The molecule has 0 saturated carbocycles. The van der Waals surface area contributed by atoms with Crippen molar-refractivity contribution >= 4 is 17.4 Å². The van der Waals surface area contributed by atoms with E-state index in [1.807, 2.05) is 27.7 Å². The number of hydrogen-bond acceptors (Lipinski definition) is 3. The number of aromatic nitrogens is 2. The van der Waals surface area contributed by atoms with Crippen molar-refractivity contribution in [2.45, 2.75) is 45.7 Å². The summed E-state index contributed by atoms with van der Waals surface area (Å²) in [6, 6.07) is 0.104. The molecule has 0 saturated heterocycles. The quantitative estimate of drug-likeness (QED) is 0.827. The first-order valence-electron chi connectivity index (χ1n) is 5.27. The third kappa shape index (κ3) is 3.06. The van der Waals surface area contributed by atoms with E-state index >= 15 is 0 Å². The van der Waals surface area contributed by atoms with Gasteiger partial charge in [-0.2, -0.15) is 5.10 Å². The molecule has 0 aromatic carbocycles. The number of halogens is 1. The zero-order chi connectivity index (χ0) is 12.5. The predicted octanol–water partition coefficient (Wildman–Crippen LogP) is 2.43. The lowest BCUT2D eigenvalue weighted by atomic mass is 9.97. The molecule has 5 heteroatoms. The average Bonchev–Trinajstić information content (AvgIpc) is 2.43. The van der Waals surface area contributed by atoms with E-state index in [1.54, 1.807) is 4.68 Å². The molecule has 1 aromatic heterocycles. The Labute approximate surface area is 101 Å². The molecule has 1 heterocycles.